The van der Waals surface area contributed by atoms with Crippen LogP contribution in [0.3, 0.4) is 0 Å². The maximum atomic E-state index is 10.6. The van der Waals surface area contributed by atoms with Crippen LogP contribution in [0.2, 0.25) is 0 Å². The van der Waals surface area contributed by atoms with E-state index in [0.717, 1.165) is 0 Å². The van der Waals surface area contributed by atoms with Crippen molar-refractivity contribution in [1.82, 2.24) is 4.90 Å². The van der Waals surface area contributed by atoms with Gasteiger partial charge < -0.3 is 14.8 Å². The van der Waals surface area contributed by atoms with Gasteiger partial charge in [-0.3, -0.25) is 4.90 Å². The van der Waals surface area contributed by atoms with Crippen molar-refractivity contribution in [2.45, 2.75) is 12.3 Å². The first-order valence-electron chi connectivity index (χ1n) is 3.78. The Kier molecular flexibility index (Phi) is 8.75. The Labute approximate surface area is 106 Å². The van der Waals surface area contributed by atoms with Crippen molar-refractivity contribution in [2.75, 3.05) is 26.3 Å². The Morgan fingerprint density at radius 2 is 1.79 bits per heavy atom. The maximum absolute atomic E-state index is 10.6. The van der Waals surface area contributed by atoms with Crippen molar-refractivity contribution >= 4 is 10.1 Å². The minimum Gasteiger partial charge on any atom is -0.747 e. The molecule has 1 fully saturated rings. The molecule has 0 spiro atoms. The van der Waals surface area contributed by atoms with Crippen LogP contribution in [0, 0.1) is 0 Å². The fourth-order valence-electron chi connectivity index (χ4n) is 1.12. The molecule has 0 aromatic carbocycles. The first kappa shape index (κ1) is 17.2. The molecule has 0 amide bonds. The number of hydrogen-bond donors (Lipinski definition) is 0. The van der Waals surface area contributed by atoms with E-state index in [-0.39, 0.29) is 35.0 Å². The quantitative estimate of drug-likeness (QED) is 0.354. The van der Waals surface area contributed by atoms with Gasteiger partial charge in [0.05, 0.1) is 18.6 Å². The summed E-state index contributed by atoms with van der Waals surface area (Å²) in [5.41, 5.74) is 0. The molecule has 0 aromatic rings. The van der Waals surface area contributed by atoms with E-state index in [1.807, 2.05) is 0 Å². The van der Waals surface area contributed by atoms with E-state index in [0.29, 0.717) is 26.3 Å². The Balaban J connectivity index is 0. The van der Waals surface area contributed by atoms with Crippen LogP contribution in [0.1, 0.15) is 6.92 Å². The van der Waals surface area contributed by atoms with Crippen LogP contribution < -0.4 is 29.6 Å². The fourth-order valence-corrected chi connectivity index (χ4v) is 1.70. The van der Waals surface area contributed by atoms with E-state index in [1.165, 1.54) is 6.92 Å². The van der Waals surface area contributed by atoms with Gasteiger partial charge in [0.1, 0.15) is 10.1 Å². The second-order valence-corrected chi connectivity index (χ2v) is 4.41. The van der Waals surface area contributed by atoms with Crippen LogP contribution in [-0.4, -0.2) is 55.0 Å². The third-order valence-corrected chi connectivity index (χ3v) is 3.11. The topological polar surface area (TPSA) is 101 Å². The molecular weight excluding hydrogens is 221 g/mol. The van der Waals surface area contributed by atoms with Gasteiger partial charge >= 0.3 is 29.6 Å². The molecule has 6 nitrogen and oxygen atoms in total. The molecule has 1 saturated heterocycles. The molecule has 0 aliphatic carbocycles. The van der Waals surface area contributed by atoms with Crippen molar-refractivity contribution in [3.05, 3.63) is 0 Å². The van der Waals surface area contributed by atoms with Gasteiger partial charge in [0, 0.05) is 13.1 Å². The molecule has 2 N–H and O–H groups in total. The van der Waals surface area contributed by atoms with Crippen molar-refractivity contribution in [3.8, 4) is 0 Å². The van der Waals surface area contributed by atoms with E-state index < -0.39 is 15.5 Å². The SMILES string of the molecule is CC(N1CCOCC1)S(=O)(=O)[O-].O.[Na+]. The molecule has 1 atom stereocenters. The van der Waals surface area contributed by atoms with Crippen LogP contribution >= 0.6 is 0 Å². The minimum atomic E-state index is -4.18. The van der Waals surface area contributed by atoms with Gasteiger partial charge in [0.25, 0.3) is 0 Å². The first-order valence-corrected chi connectivity index (χ1v) is 5.25. The summed E-state index contributed by atoms with van der Waals surface area (Å²) in [5, 5.41) is -0.929. The van der Waals surface area contributed by atoms with Gasteiger partial charge in [0.15, 0.2) is 0 Å². The van der Waals surface area contributed by atoms with Gasteiger partial charge in [-0.2, -0.15) is 0 Å². The first-order chi connectivity index (χ1) is 5.52. The Hall–Kier alpha value is 0.790. The summed E-state index contributed by atoms with van der Waals surface area (Å²) in [6, 6.07) is 0. The van der Waals surface area contributed by atoms with Crippen LogP contribution in [0.15, 0.2) is 0 Å². The average Bonchev–Trinajstić information content (AvgIpc) is 2.03. The normalized spacial score (nSPS) is 20.4. The molecule has 1 heterocycles. The van der Waals surface area contributed by atoms with E-state index in [9.17, 15) is 13.0 Å². The Morgan fingerprint density at radius 3 is 2.14 bits per heavy atom. The van der Waals surface area contributed by atoms with E-state index in [4.69, 9.17) is 4.74 Å². The molecule has 1 unspecified atom stereocenters. The number of rotatable bonds is 2. The third kappa shape index (κ3) is 5.04. The van der Waals surface area contributed by atoms with Crippen LogP contribution in [-0.2, 0) is 14.9 Å². The summed E-state index contributed by atoms with van der Waals surface area (Å²) in [6.07, 6.45) is 0. The number of ether oxygens (including phenoxy) is 1. The second-order valence-electron chi connectivity index (χ2n) is 2.74. The second kappa shape index (κ2) is 7.13. The van der Waals surface area contributed by atoms with E-state index in [2.05, 4.69) is 0 Å². The fraction of sp³-hybridized carbons (Fsp3) is 1.00. The van der Waals surface area contributed by atoms with E-state index >= 15 is 0 Å². The van der Waals surface area contributed by atoms with Crippen LogP contribution in [0.5, 0.6) is 0 Å². The van der Waals surface area contributed by atoms with Gasteiger partial charge in [-0.25, -0.2) is 8.42 Å². The number of morpholine rings is 1. The van der Waals surface area contributed by atoms with Crippen molar-refractivity contribution in [2.24, 2.45) is 0 Å². The van der Waals surface area contributed by atoms with Gasteiger partial charge in [-0.15, -0.1) is 0 Å². The zero-order valence-electron chi connectivity index (χ0n) is 8.39. The zero-order chi connectivity index (χ0) is 9.19. The summed E-state index contributed by atoms with van der Waals surface area (Å²) < 4.78 is 36.8. The molecule has 8 heteroatoms. The molecule has 1 aliphatic rings. The van der Waals surface area contributed by atoms with Gasteiger partial charge in [-0.05, 0) is 6.92 Å². The van der Waals surface area contributed by atoms with Crippen LogP contribution in [0.25, 0.3) is 0 Å². The summed E-state index contributed by atoms with van der Waals surface area (Å²) in [6.45, 7) is 3.44. The van der Waals surface area contributed by atoms with Crippen LogP contribution in [0.4, 0.5) is 0 Å². The van der Waals surface area contributed by atoms with Crippen molar-refractivity contribution in [3.63, 3.8) is 0 Å². The number of nitrogens with zero attached hydrogens (tertiary/aromatic N) is 1. The molecule has 0 aromatic heterocycles. The monoisotopic (exact) mass is 235 g/mol. The molecule has 0 radical (unpaired) electrons. The molecule has 14 heavy (non-hydrogen) atoms. The molecule has 80 valence electrons. The smallest absolute Gasteiger partial charge is 0.747 e. The molecule has 0 saturated carbocycles. The third-order valence-electron chi connectivity index (χ3n) is 1.98. The summed E-state index contributed by atoms with van der Waals surface area (Å²) >= 11 is 0. The molecular formula is C6H14NNaO5S. The van der Waals surface area contributed by atoms with Crippen molar-refractivity contribution in [1.29, 1.82) is 0 Å². The largest absolute Gasteiger partial charge is 1.00 e. The summed E-state index contributed by atoms with van der Waals surface area (Å²) in [7, 11) is -4.18. The Bertz CT molecular complexity index is 239. The summed E-state index contributed by atoms with van der Waals surface area (Å²) in [4.78, 5) is 1.62. The Morgan fingerprint density at radius 1 is 1.36 bits per heavy atom. The number of hydrogen-bond acceptors (Lipinski definition) is 5. The maximum Gasteiger partial charge on any atom is 1.00 e. The molecule has 1 aliphatic heterocycles. The van der Waals surface area contributed by atoms with E-state index in [1.54, 1.807) is 4.90 Å². The zero-order valence-corrected chi connectivity index (χ0v) is 11.2. The van der Waals surface area contributed by atoms with Gasteiger partial charge in [-0.1, -0.05) is 0 Å². The standard InChI is InChI=1S/C6H13NO4S.Na.H2O/c1-6(12(8,9)10)7-2-4-11-5-3-7;;/h6H,2-5H2,1H3,(H,8,9,10);;1H2/q;+1;/p-1. The average molecular weight is 235 g/mol. The minimum absolute atomic E-state index is 0. The summed E-state index contributed by atoms with van der Waals surface area (Å²) in [5.74, 6) is 0. The van der Waals surface area contributed by atoms with Crippen molar-refractivity contribution < 1.29 is 52.7 Å². The predicted molar refractivity (Wildman–Crippen MR) is 45.2 cm³/mol. The molecule has 0 bridgehead atoms. The predicted octanol–water partition coefficient (Wildman–Crippen LogP) is -4.61. The molecule has 1 rings (SSSR count). The van der Waals surface area contributed by atoms with Gasteiger partial charge in [0.2, 0.25) is 0 Å².